The zero-order chi connectivity index (χ0) is 18.1. The first-order chi connectivity index (χ1) is 13.1. The number of hydrogen-bond donors (Lipinski definition) is 0. The van der Waals surface area contributed by atoms with Crippen molar-refractivity contribution in [1.82, 2.24) is 4.90 Å². The lowest BCUT2D eigenvalue weighted by molar-refractivity contribution is -0.161. The lowest BCUT2D eigenvalue weighted by atomic mass is 9.49. The zero-order valence-corrected chi connectivity index (χ0v) is 16.3. The SMILES string of the molecule is O=C(N1CCC2(CCc3ccccc3O2)CC1)C12CC3CC(CC(C3)C1)C2. The van der Waals surface area contributed by atoms with Gasteiger partial charge in [0.15, 0.2) is 0 Å². The molecule has 6 aliphatic rings. The molecule has 5 fully saturated rings. The van der Waals surface area contributed by atoms with Crippen LogP contribution in [0.5, 0.6) is 5.75 Å². The van der Waals surface area contributed by atoms with Gasteiger partial charge in [-0.1, -0.05) is 18.2 Å². The minimum Gasteiger partial charge on any atom is -0.487 e. The average molecular weight is 366 g/mol. The summed E-state index contributed by atoms with van der Waals surface area (Å²) in [6, 6.07) is 8.48. The van der Waals surface area contributed by atoms with Gasteiger partial charge in [-0.2, -0.15) is 0 Å². The first-order valence-electron chi connectivity index (χ1n) is 11.2. The Labute approximate surface area is 162 Å². The van der Waals surface area contributed by atoms with Crippen LogP contribution in [0.4, 0.5) is 0 Å². The first kappa shape index (κ1) is 16.4. The highest BCUT2D eigenvalue weighted by molar-refractivity contribution is 5.83. The van der Waals surface area contributed by atoms with E-state index in [0.29, 0.717) is 5.91 Å². The molecular weight excluding hydrogens is 334 g/mol. The number of fused-ring (bicyclic) bond motifs is 1. The summed E-state index contributed by atoms with van der Waals surface area (Å²) < 4.78 is 6.50. The van der Waals surface area contributed by atoms with Crippen LogP contribution in [0.3, 0.4) is 0 Å². The van der Waals surface area contributed by atoms with E-state index in [1.165, 1.54) is 44.1 Å². The summed E-state index contributed by atoms with van der Waals surface area (Å²) in [4.78, 5) is 15.8. The number of carbonyl (C=O) groups excluding carboxylic acids is 1. The van der Waals surface area contributed by atoms with Crippen molar-refractivity contribution in [3.05, 3.63) is 29.8 Å². The molecule has 3 nitrogen and oxygen atoms in total. The number of para-hydroxylation sites is 1. The molecule has 4 saturated carbocycles. The standard InChI is InChI=1S/C24H31NO2/c26-22(23-14-17-11-18(15-23)13-19(12-17)16-23)25-9-7-24(8-10-25)6-5-20-3-1-2-4-21(20)27-24/h1-4,17-19H,5-16H2. The molecule has 3 heteroatoms. The molecule has 1 aromatic carbocycles. The fourth-order valence-corrected chi connectivity index (χ4v) is 7.63. The van der Waals surface area contributed by atoms with Crippen molar-refractivity contribution in [2.45, 2.75) is 69.8 Å². The zero-order valence-electron chi connectivity index (χ0n) is 16.3. The second-order valence-electron chi connectivity index (χ2n) is 10.4. The van der Waals surface area contributed by atoms with E-state index in [-0.39, 0.29) is 11.0 Å². The van der Waals surface area contributed by atoms with E-state index >= 15 is 0 Å². The Morgan fingerprint density at radius 2 is 1.56 bits per heavy atom. The highest BCUT2D eigenvalue weighted by atomic mass is 16.5. The van der Waals surface area contributed by atoms with Crippen molar-refractivity contribution >= 4 is 5.91 Å². The number of likely N-dealkylation sites (tertiary alicyclic amines) is 1. The molecule has 0 unspecified atom stereocenters. The molecule has 1 amide bonds. The monoisotopic (exact) mass is 365 g/mol. The summed E-state index contributed by atoms with van der Waals surface area (Å²) in [6.45, 7) is 1.78. The van der Waals surface area contributed by atoms with E-state index in [9.17, 15) is 4.79 Å². The Bertz CT molecular complexity index is 726. The lowest BCUT2D eigenvalue weighted by Gasteiger charge is -2.57. The quantitative estimate of drug-likeness (QED) is 0.728. The van der Waals surface area contributed by atoms with Crippen LogP contribution in [0.15, 0.2) is 24.3 Å². The van der Waals surface area contributed by atoms with Gasteiger partial charge >= 0.3 is 0 Å². The van der Waals surface area contributed by atoms with Crippen LogP contribution < -0.4 is 4.74 Å². The van der Waals surface area contributed by atoms with E-state index in [1.54, 1.807) is 0 Å². The maximum absolute atomic E-state index is 13.6. The Morgan fingerprint density at radius 3 is 2.22 bits per heavy atom. The van der Waals surface area contributed by atoms with E-state index in [1.807, 2.05) is 0 Å². The van der Waals surface area contributed by atoms with E-state index in [4.69, 9.17) is 4.74 Å². The third-order valence-electron chi connectivity index (χ3n) is 8.60. The molecular formula is C24H31NO2. The summed E-state index contributed by atoms with van der Waals surface area (Å²) in [7, 11) is 0. The highest BCUT2D eigenvalue weighted by Crippen LogP contribution is 2.60. The third-order valence-corrected chi connectivity index (χ3v) is 8.60. The van der Waals surface area contributed by atoms with Crippen LogP contribution in [-0.2, 0) is 11.2 Å². The van der Waals surface area contributed by atoms with Crippen molar-refractivity contribution in [1.29, 1.82) is 0 Å². The number of carbonyl (C=O) groups is 1. The predicted molar refractivity (Wildman–Crippen MR) is 105 cm³/mol. The molecule has 0 aromatic heterocycles. The number of hydrogen-bond acceptors (Lipinski definition) is 2. The van der Waals surface area contributed by atoms with E-state index in [0.717, 1.165) is 62.3 Å². The summed E-state index contributed by atoms with van der Waals surface area (Å²) in [5, 5.41) is 0. The summed E-state index contributed by atoms with van der Waals surface area (Å²) in [6.07, 6.45) is 12.0. The number of nitrogens with zero attached hydrogens (tertiary/aromatic N) is 1. The van der Waals surface area contributed by atoms with Gasteiger partial charge in [0, 0.05) is 25.9 Å². The molecule has 1 spiro atoms. The van der Waals surface area contributed by atoms with Crippen molar-refractivity contribution in [2.75, 3.05) is 13.1 Å². The predicted octanol–water partition coefficient (Wildman–Crippen LogP) is 4.59. The first-order valence-corrected chi connectivity index (χ1v) is 11.2. The second kappa shape index (κ2) is 5.75. The molecule has 2 heterocycles. The third kappa shape index (κ3) is 2.57. The van der Waals surface area contributed by atoms with Crippen LogP contribution >= 0.6 is 0 Å². The smallest absolute Gasteiger partial charge is 0.228 e. The van der Waals surface area contributed by atoms with Gasteiger partial charge in [0.2, 0.25) is 5.91 Å². The molecule has 7 rings (SSSR count). The number of rotatable bonds is 1. The summed E-state index contributed by atoms with van der Waals surface area (Å²) >= 11 is 0. The molecule has 4 aliphatic carbocycles. The van der Waals surface area contributed by atoms with Crippen LogP contribution in [0.25, 0.3) is 0 Å². The van der Waals surface area contributed by atoms with Crippen LogP contribution in [0, 0.1) is 23.2 Å². The van der Waals surface area contributed by atoms with Gasteiger partial charge in [0.1, 0.15) is 11.4 Å². The Hall–Kier alpha value is -1.51. The number of piperidine rings is 1. The van der Waals surface area contributed by atoms with Gasteiger partial charge < -0.3 is 9.64 Å². The molecule has 0 radical (unpaired) electrons. The lowest BCUT2D eigenvalue weighted by Crippen LogP contribution is -2.58. The second-order valence-corrected chi connectivity index (χ2v) is 10.4. The Morgan fingerprint density at radius 1 is 0.926 bits per heavy atom. The molecule has 1 aromatic rings. The van der Waals surface area contributed by atoms with Gasteiger partial charge in [0.25, 0.3) is 0 Å². The van der Waals surface area contributed by atoms with Gasteiger partial charge in [-0.3, -0.25) is 4.79 Å². The topological polar surface area (TPSA) is 29.5 Å². The molecule has 0 atom stereocenters. The normalized spacial score (nSPS) is 38.5. The Balaban J connectivity index is 1.16. The summed E-state index contributed by atoms with van der Waals surface area (Å²) in [5.41, 5.74) is 1.32. The minimum atomic E-state index is -0.0351. The van der Waals surface area contributed by atoms with Crippen molar-refractivity contribution < 1.29 is 9.53 Å². The number of amides is 1. The van der Waals surface area contributed by atoms with E-state index in [2.05, 4.69) is 29.2 Å². The fraction of sp³-hybridized carbons (Fsp3) is 0.708. The average Bonchev–Trinajstić information content (AvgIpc) is 2.67. The maximum atomic E-state index is 13.6. The molecule has 144 valence electrons. The van der Waals surface area contributed by atoms with Crippen molar-refractivity contribution in [3.8, 4) is 5.75 Å². The minimum absolute atomic E-state index is 0.0132. The highest BCUT2D eigenvalue weighted by Gasteiger charge is 2.56. The number of ether oxygens (including phenoxy) is 1. The molecule has 4 bridgehead atoms. The molecule has 27 heavy (non-hydrogen) atoms. The van der Waals surface area contributed by atoms with Gasteiger partial charge in [0.05, 0.1) is 5.41 Å². The molecule has 0 N–H and O–H groups in total. The van der Waals surface area contributed by atoms with Gasteiger partial charge in [-0.05, 0) is 80.8 Å². The van der Waals surface area contributed by atoms with Crippen LogP contribution in [0.2, 0.25) is 0 Å². The number of aryl methyl sites for hydroxylation is 1. The van der Waals surface area contributed by atoms with Crippen molar-refractivity contribution in [3.63, 3.8) is 0 Å². The van der Waals surface area contributed by atoms with E-state index < -0.39 is 0 Å². The summed E-state index contributed by atoms with van der Waals surface area (Å²) in [5.74, 6) is 4.11. The van der Waals surface area contributed by atoms with Gasteiger partial charge in [-0.25, -0.2) is 0 Å². The molecule has 1 saturated heterocycles. The van der Waals surface area contributed by atoms with Crippen molar-refractivity contribution in [2.24, 2.45) is 23.2 Å². The fourth-order valence-electron chi connectivity index (χ4n) is 7.63. The molecule has 2 aliphatic heterocycles. The maximum Gasteiger partial charge on any atom is 0.228 e. The Kier molecular flexibility index (Phi) is 3.50. The number of benzene rings is 1. The van der Waals surface area contributed by atoms with Crippen LogP contribution in [0.1, 0.15) is 63.4 Å². The van der Waals surface area contributed by atoms with Crippen LogP contribution in [-0.4, -0.2) is 29.5 Å². The van der Waals surface area contributed by atoms with Gasteiger partial charge in [-0.15, -0.1) is 0 Å². The largest absolute Gasteiger partial charge is 0.487 e.